The number of carbonyl (C=O) groups is 3. The average Bonchev–Trinajstić information content (AvgIpc) is 3.09. The molecule has 0 fully saturated rings. The molecule has 1 aliphatic carbocycles. The second-order valence-electron chi connectivity index (χ2n) is 8.01. The minimum absolute atomic E-state index is 0.0248. The highest BCUT2D eigenvalue weighted by molar-refractivity contribution is 5.88. The van der Waals surface area contributed by atoms with Crippen molar-refractivity contribution in [1.82, 2.24) is 10.2 Å². The normalized spacial score (nSPS) is 13.5. The van der Waals surface area contributed by atoms with Gasteiger partial charge in [-0.25, -0.2) is 4.79 Å². The van der Waals surface area contributed by atoms with E-state index in [4.69, 9.17) is 9.84 Å². The third kappa shape index (κ3) is 6.06. The van der Waals surface area contributed by atoms with E-state index in [1.165, 1.54) is 0 Å². The Labute approximate surface area is 194 Å². The highest BCUT2D eigenvalue weighted by Crippen LogP contribution is 2.44. The SMILES string of the molecule is CCCC(NC(=O)OCC1c2ccccc2-c2ccccc21)C(=O)N(CC(=O)O)CC(F)(F)F. The first-order valence-electron chi connectivity index (χ1n) is 10.8. The van der Waals surface area contributed by atoms with Gasteiger partial charge in [-0.05, 0) is 28.7 Å². The van der Waals surface area contributed by atoms with E-state index in [1.54, 1.807) is 6.92 Å². The van der Waals surface area contributed by atoms with Gasteiger partial charge in [0.15, 0.2) is 0 Å². The molecule has 0 aliphatic heterocycles. The Morgan fingerprint density at radius 3 is 2.12 bits per heavy atom. The van der Waals surface area contributed by atoms with Gasteiger partial charge in [-0.2, -0.15) is 13.2 Å². The van der Waals surface area contributed by atoms with Crippen LogP contribution in [0.3, 0.4) is 0 Å². The number of ether oxygens (including phenoxy) is 1. The molecule has 0 saturated carbocycles. The number of alkyl carbamates (subject to hydrolysis) is 1. The number of rotatable bonds is 9. The highest BCUT2D eigenvalue weighted by atomic mass is 19.4. The maximum Gasteiger partial charge on any atom is 0.407 e. The van der Waals surface area contributed by atoms with Crippen molar-refractivity contribution in [2.75, 3.05) is 19.7 Å². The summed E-state index contributed by atoms with van der Waals surface area (Å²) in [6.07, 6.45) is -5.36. The molecule has 0 bridgehead atoms. The summed E-state index contributed by atoms with van der Waals surface area (Å²) in [6.45, 7) is -1.21. The van der Waals surface area contributed by atoms with E-state index >= 15 is 0 Å². The molecule has 1 atom stereocenters. The number of benzene rings is 2. The van der Waals surface area contributed by atoms with E-state index in [0.29, 0.717) is 6.42 Å². The number of hydrogen-bond donors (Lipinski definition) is 2. The molecule has 2 N–H and O–H groups in total. The number of nitrogens with one attached hydrogen (secondary N) is 1. The summed E-state index contributed by atoms with van der Waals surface area (Å²) in [7, 11) is 0. The summed E-state index contributed by atoms with van der Waals surface area (Å²) in [5.41, 5.74) is 4.02. The van der Waals surface area contributed by atoms with Crippen LogP contribution in [0, 0.1) is 0 Å². The third-order valence-corrected chi connectivity index (χ3v) is 5.52. The van der Waals surface area contributed by atoms with Crippen LogP contribution in [0.25, 0.3) is 11.1 Å². The molecule has 1 unspecified atom stereocenters. The van der Waals surface area contributed by atoms with Gasteiger partial charge >= 0.3 is 18.2 Å². The first-order valence-corrected chi connectivity index (χ1v) is 10.8. The Bertz CT molecular complexity index is 1010. The first-order chi connectivity index (χ1) is 16.1. The molecular formula is C24H25F3N2O5. The van der Waals surface area contributed by atoms with Gasteiger partial charge in [0.2, 0.25) is 5.91 Å². The Morgan fingerprint density at radius 2 is 1.62 bits per heavy atom. The summed E-state index contributed by atoms with van der Waals surface area (Å²) in [5, 5.41) is 11.2. The molecule has 34 heavy (non-hydrogen) atoms. The van der Waals surface area contributed by atoms with E-state index in [9.17, 15) is 27.6 Å². The van der Waals surface area contributed by atoms with Gasteiger partial charge in [0.05, 0.1) is 0 Å². The van der Waals surface area contributed by atoms with Gasteiger partial charge in [0, 0.05) is 5.92 Å². The van der Waals surface area contributed by atoms with Crippen molar-refractivity contribution < 1.29 is 37.4 Å². The van der Waals surface area contributed by atoms with Crippen molar-refractivity contribution in [2.45, 2.75) is 37.9 Å². The maximum absolute atomic E-state index is 12.9. The number of hydrogen-bond acceptors (Lipinski definition) is 4. The number of nitrogens with zero attached hydrogens (tertiary/aromatic N) is 1. The smallest absolute Gasteiger partial charge is 0.407 e. The summed E-state index contributed by atoms with van der Waals surface area (Å²) in [5.74, 6) is -2.95. The van der Waals surface area contributed by atoms with Crippen molar-refractivity contribution in [3.8, 4) is 11.1 Å². The van der Waals surface area contributed by atoms with Crippen LogP contribution in [-0.4, -0.2) is 59.9 Å². The summed E-state index contributed by atoms with van der Waals surface area (Å²) < 4.78 is 44.0. The molecule has 0 aromatic heterocycles. The summed E-state index contributed by atoms with van der Waals surface area (Å²) in [4.78, 5) is 36.3. The zero-order valence-electron chi connectivity index (χ0n) is 18.5. The van der Waals surface area contributed by atoms with Crippen LogP contribution in [0.1, 0.15) is 36.8 Å². The van der Waals surface area contributed by atoms with Crippen LogP contribution in [0.4, 0.5) is 18.0 Å². The van der Waals surface area contributed by atoms with Crippen molar-refractivity contribution >= 4 is 18.0 Å². The largest absolute Gasteiger partial charge is 0.480 e. The summed E-state index contributed by atoms with van der Waals surface area (Å²) >= 11 is 0. The topological polar surface area (TPSA) is 95.9 Å². The van der Waals surface area contributed by atoms with Gasteiger partial charge in [-0.3, -0.25) is 9.59 Å². The molecule has 0 radical (unpaired) electrons. The van der Waals surface area contributed by atoms with Crippen LogP contribution in [0.15, 0.2) is 48.5 Å². The Hall–Kier alpha value is -3.56. The fourth-order valence-corrected chi connectivity index (χ4v) is 4.14. The van der Waals surface area contributed by atoms with E-state index in [1.807, 2.05) is 48.5 Å². The van der Waals surface area contributed by atoms with Crippen LogP contribution in [0.2, 0.25) is 0 Å². The number of aliphatic carboxylic acids is 1. The predicted molar refractivity (Wildman–Crippen MR) is 117 cm³/mol. The molecular weight excluding hydrogens is 453 g/mol. The van der Waals surface area contributed by atoms with E-state index in [0.717, 1.165) is 22.3 Å². The van der Waals surface area contributed by atoms with Crippen molar-refractivity contribution in [3.63, 3.8) is 0 Å². The number of fused-ring (bicyclic) bond motifs is 3. The predicted octanol–water partition coefficient (Wildman–Crippen LogP) is 4.17. The molecule has 1 aliphatic rings. The van der Waals surface area contributed by atoms with Gasteiger partial charge in [-0.15, -0.1) is 0 Å². The zero-order valence-corrected chi connectivity index (χ0v) is 18.5. The Morgan fingerprint density at radius 1 is 1.06 bits per heavy atom. The lowest BCUT2D eigenvalue weighted by Gasteiger charge is -2.27. The molecule has 10 heteroatoms. The quantitative estimate of drug-likeness (QED) is 0.564. The van der Waals surface area contributed by atoms with Gasteiger partial charge in [-0.1, -0.05) is 61.9 Å². The van der Waals surface area contributed by atoms with Crippen LogP contribution in [-0.2, 0) is 14.3 Å². The molecule has 2 aromatic carbocycles. The monoisotopic (exact) mass is 478 g/mol. The molecule has 7 nitrogen and oxygen atoms in total. The van der Waals surface area contributed by atoms with E-state index in [2.05, 4.69) is 5.32 Å². The minimum atomic E-state index is -4.79. The first kappa shape index (κ1) is 25.1. The van der Waals surface area contributed by atoms with Crippen LogP contribution >= 0.6 is 0 Å². The lowest BCUT2D eigenvalue weighted by atomic mass is 9.98. The van der Waals surface area contributed by atoms with E-state index in [-0.39, 0.29) is 23.8 Å². The lowest BCUT2D eigenvalue weighted by molar-refractivity contribution is -0.166. The van der Waals surface area contributed by atoms with Gasteiger partial charge in [0.25, 0.3) is 0 Å². The van der Waals surface area contributed by atoms with Crippen LogP contribution in [0.5, 0.6) is 0 Å². The Kier molecular flexibility index (Phi) is 7.80. The van der Waals surface area contributed by atoms with Gasteiger partial charge < -0.3 is 20.1 Å². The van der Waals surface area contributed by atoms with Crippen molar-refractivity contribution in [1.29, 1.82) is 0 Å². The fraction of sp³-hybridized carbons (Fsp3) is 0.375. The summed E-state index contributed by atoms with van der Waals surface area (Å²) in [6, 6.07) is 14.1. The average molecular weight is 478 g/mol. The number of halogens is 3. The molecule has 3 rings (SSSR count). The van der Waals surface area contributed by atoms with Crippen LogP contribution < -0.4 is 5.32 Å². The van der Waals surface area contributed by atoms with Gasteiger partial charge in [0.1, 0.15) is 25.7 Å². The second kappa shape index (κ2) is 10.6. The molecule has 0 saturated heterocycles. The number of amides is 2. The maximum atomic E-state index is 12.9. The van der Waals surface area contributed by atoms with E-state index < -0.39 is 43.3 Å². The highest BCUT2D eigenvalue weighted by Gasteiger charge is 2.37. The molecule has 182 valence electrons. The van der Waals surface area contributed by atoms with Crippen molar-refractivity contribution in [3.05, 3.63) is 59.7 Å². The zero-order chi connectivity index (χ0) is 24.9. The molecule has 2 aromatic rings. The Balaban J connectivity index is 1.69. The number of alkyl halides is 3. The molecule has 0 spiro atoms. The standard InChI is InChI=1S/C24H25F3N2O5/c1-2-7-20(22(32)29(12-21(30)31)14-24(25,26)27)28-23(33)34-13-19-17-10-5-3-8-15(17)16-9-4-6-11-18(16)19/h3-6,8-11,19-20H,2,7,12-14H2,1H3,(H,28,33)(H,30,31). The number of carboxylic acids is 1. The minimum Gasteiger partial charge on any atom is -0.480 e. The third-order valence-electron chi connectivity index (χ3n) is 5.52. The molecule has 0 heterocycles. The second-order valence-corrected chi connectivity index (χ2v) is 8.01. The fourth-order valence-electron chi connectivity index (χ4n) is 4.14. The lowest BCUT2D eigenvalue weighted by Crippen LogP contribution is -2.52. The number of carbonyl (C=O) groups excluding carboxylic acids is 2. The molecule has 2 amide bonds. The number of carboxylic acid groups (broad SMARTS) is 1. The van der Waals surface area contributed by atoms with Crippen molar-refractivity contribution in [2.24, 2.45) is 0 Å².